The maximum absolute atomic E-state index is 4.98. The molecule has 0 atom stereocenters. The van der Waals surface area contributed by atoms with Gasteiger partial charge >= 0.3 is 0 Å². The second kappa shape index (κ2) is 8.24. The van der Waals surface area contributed by atoms with Crippen LogP contribution in [0.15, 0.2) is 54.6 Å². The van der Waals surface area contributed by atoms with Gasteiger partial charge in [0.25, 0.3) is 0 Å². The predicted molar refractivity (Wildman–Crippen MR) is 127 cm³/mol. The van der Waals surface area contributed by atoms with Crippen molar-refractivity contribution in [1.29, 1.82) is 0 Å². The van der Waals surface area contributed by atoms with Gasteiger partial charge < -0.3 is 4.90 Å². The lowest BCUT2D eigenvalue weighted by molar-refractivity contribution is 0.439. The molecule has 0 saturated carbocycles. The van der Waals surface area contributed by atoms with E-state index in [9.17, 15) is 0 Å². The number of piperidine rings is 1. The molecular formula is C25H31BrN2. The van der Waals surface area contributed by atoms with E-state index in [-0.39, 0.29) is 22.4 Å². The van der Waals surface area contributed by atoms with Crippen molar-refractivity contribution < 1.29 is 0 Å². The van der Waals surface area contributed by atoms with Crippen LogP contribution < -0.4 is 4.90 Å². The number of halogens is 1. The van der Waals surface area contributed by atoms with Crippen LogP contribution in [0.5, 0.6) is 0 Å². The highest BCUT2D eigenvalue weighted by Crippen LogP contribution is 2.34. The van der Waals surface area contributed by atoms with Crippen molar-refractivity contribution in [3.8, 4) is 11.3 Å². The quantitative estimate of drug-likeness (QED) is 0.427. The van der Waals surface area contributed by atoms with Crippen molar-refractivity contribution in [2.45, 2.75) is 46.0 Å². The molecule has 3 heteroatoms. The monoisotopic (exact) mass is 438 g/mol. The molecule has 0 spiro atoms. The van der Waals surface area contributed by atoms with Crippen LogP contribution >= 0.6 is 17.0 Å². The molecule has 2 nitrogen and oxygen atoms in total. The maximum Gasteiger partial charge on any atom is 0.0730 e. The third-order valence-electron chi connectivity index (χ3n) is 5.87. The average molecular weight is 439 g/mol. The predicted octanol–water partition coefficient (Wildman–Crippen LogP) is 7.01. The van der Waals surface area contributed by atoms with Crippen molar-refractivity contribution in [2.24, 2.45) is 5.92 Å². The second-order valence-electron chi connectivity index (χ2n) is 9.04. The highest BCUT2D eigenvalue weighted by atomic mass is 79.9. The topological polar surface area (TPSA) is 16.1 Å². The van der Waals surface area contributed by atoms with E-state index in [0.717, 1.165) is 30.2 Å². The summed E-state index contributed by atoms with van der Waals surface area (Å²) in [5.74, 6) is 0.832. The van der Waals surface area contributed by atoms with Gasteiger partial charge in [0.1, 0.15) is 0 Å². The van der Waals surface area contributed by atoms with Gasteiger partial charge in [-0.1, -0.05) is 70.2 Å². The Morgan fingerprint density at radius 3 is 2.21 bits per heavy atom. The Bertz CT molecular complexity index is 933. The molecule has 1 fully saturated rings. The van der Waals surface area contributed by atoms with Gasteiger partial charge in [-0.2, -0.15) is 0 Å². The fourth-order valence-corrected chi connectivity index (χ4v) is 3.96. The van der Waals surface area contributed by atoms with E-state index in [1.165, 1.54) is 35.0 Å². The van der Waals surface area contributed by atoms with Crippen LogP contribution in [0.2, 0.25) is 0 Å². The van der Waals surface area contributed by atoms with Crippen LogP contribution in [0.3, 0.4) is 0 Å². The van der Waals surface area contributed by atoms with E-state index in [2.05, 4.69) is 87.2 Å². The molecule has 0 bridgehead atoms. The van der Waals surface area contributed by atoms with Crippen molar-refractivity contribution >= 4 is 33.6 Å². The average Bonchev–Trinajstić information content (AvgIpc) is 2.67. The Morgan fingerprint density at radius 1 is 0.929 bits per heavy atom. The number of anilines is 1. The van der Waals surface area contributed by atoms with Crippen molar-refractivity contribution in [3.63, 3.8) is 0 Å². The first-order valence-corrected chi connectivity index (χ1v) is 10.2. The van der Waals surface area contributed by atoms with E-state index < -0.39 is 0 Å². The number of hydrogen-bond acceptors (Lipinski definition) is 2. The first-order chi connectivity index (χ1) is 12.9. The standard InChI is InChI=1S/C25H30N2.BrH/c1-18-13-15-27(16-14-18)24-17-23(26-22-8-6-5-7-21(22)24)19-9-11-20(12-10-19)25(2,3)4;/h5-12,17-18H,13-16H2,1-4H3;1H. The number of hydrogen-bond donors (Lipinski definition) is 0. The first kappa shape index (κ1) is 20.9. The molecular weight excluding hydrogens is 408 g/mol. The molecule has 0 unspecified atom stereocenters. The van der Waals surface area contributed by atoms with Gasteiger partial charge in [-0.3, -0.25) is 0 Å². The normalized spacial score (nSPS) is 15.5. The summed E-state index contributed by atoms with van der Waals surface area (Å²) >= 11 is 0. The van der Waals surface area contributed by atoms with Gasteiger partial charge in [-0.15, -0.1) is 17.0 Å². The van der Waals surface area contributed by atoms with E-state index in [0.29, 0.717) is 0 Å². The lowest BCUT2D eigenvalue weighted by Crippen LogP contribution is -2.32. The van der Waals surface area contributed by atoms with Crippen LogP contribution in [0.4, 0.5) is 5.69 Å². The number of nitrogens with zero attached hydrogens (tertiary/aromatic N) is 2. The van der Waals surface area contributed by atoms with Crippen LogP contribution in [0.1, 0.15) is 46.1 Å². The van der Waals surface area contributed by atoms with Gasteiger partial charge in [-0.05, 0) is 41.9 Å². The van der Waals surface area contributed by atoms with Crippen LogP contribution in [0, 0.1) is 5.92 Å². The molecule has 148 valence electrons. The molecule has 4 rings (SSSR count). The molecule has 2 heterocycles. The van der Waals surface area contributed by atoms with Crippen LogP contribution in [-0.2, 0) is 5.41 Å². The van der Waals surface area contributed by atoms with Gasteiger partial charge in [0, 0.05) is 29.7 Å². The number of pyridine rings is 1. The number of rotatable bonds is 2. The SMILES string of the molecule is Br.CC1CCN(c2cc(-c3ccc(C(C)(C)C)cc3)nc3ccccc23)CC1. The first-order valence-electron chi connectivity index (χ1n) is 10.2. The fraction of sp³-hybridized carbons (Fsp3) is 0.400. The van der Waals surface area contributed by atoms with E-state index in [1.54, 1.807) is 0 Å². The fourth-order valence-electron chi connectivity index (χ4n) is 3.96. The van der Waals surface area contributed by atoms with Gasteiger partial charge in [0.2, 0.25) is 0 Å². The van der Waals surface area contributed by atoms with E-state index in [4.69, 9.17) is 4.98 Å². The smallest absolute Gasteiger partial charge is 0.0730 e. The third-order valence-corrected chi connectivity index (χ3v) is 5.87. The Kier molecular flexibility index (Phi) is 6.14. The molecule has 2 aromatic carbocycles. The Hall–Kier alpha value is -1.87. The molecule has 0 amide bonds. The molecule has 1 aromatic heterocycles. The lowest BCUT2D eigenvalue weighted by atomic mass is 9.86. The minimum absolute atomic E-state index is 0. The zero-order valence-corrected chi connectivity index (χ0v) is 19.1. The zero-order chi connectivity index (χ0) is 19.0. The summed E-state index contributed by atoms with van der Waals surface area (Å²) in [5, 5.41) is 1.27. The molecule has 0 N–H and O–H groups in total. The zero-order valence-electron chi connectivity index (χ0n) is 17.4. The summed E-state index contributed by atoms with van der Waals surface area (Å²) in [5.41, 5.74) is 6.22. The molecule has 0 aliphatic carbocycles. The highest BCUT2D eigenvalue weighted by molar-refractivity contribution is 8.93. The van der Waals surface area contributed by atoms with Gasteiger partial charge in [0.15, 0.2) is 0 Å². The lowest BCUT2D eigenvalue weighted by Gasteiger charge is -2.33. The van der Waals surface area contributed by atoms with E-state index >= 15 is 0 Å². The largest absolute Gasteiger partial charge is 0.371 e. The summed E-state index contributed by atoms with van der Waals surface area (Å²) in [6.07, 6.45) is 2.54. The molecule has 1 aliphatic heterocycles. The summed E-state index contributed by atoms with van der Waals surface area (Å²) in [6.45, 7) is 11.4. The molecule has 28 heavy (non-hydrogen) atoms. The Labute approximate surface area is 179 Å². The van der Waals surface area contributed by atoms with Crippen molar-refractivity contribution in [2.75, 3.05) is 18.0 Å². The second-order valence-corrected chi connectivity index (χ2v) is 9.04. The number of para-hydroxylation sites is 1. The number of aromatic nitrogens is 1. The van der Waals surface area contributed by atoms with Gasteiger partial charge in [-0.25, -0.2) is 4.98 Å². The van der Waals surface area contributed by atoms with Crippen molar-refractivity contribution in [3.05, 3.63) is 60.2 Å². The Morgan fingerprint density at radius 2 is 1.57 bits per heavy atom. The minimum Gasteiger partial charge on any atom is -0.371 e. The highest BCUT2D eigenvalue weighted by Gasteiger charge is 2.19. The number of fused-ring (bicyclic) bond motifs is 1. The summed E-state index contributed by atoms with van der Waals surface area (Å²) in [4.78, 5) is 7.53. The summed E-state index contributed by atoms with van der Waals surface area (Å²) in [7, 11) is 0. The molecule has 3 aromatic rings. The minimum atomic E-state index is 0. The molecule has 1 saturated heterocycles. The van der Waals surface area contributed by atoms with Crippen LogP contribution in [-0.4, -0.2) is 18.1 Å². The van der Waals surface area contributed by atoms with E-state index in [1.807, 2.05) is 0 Å². The van der Waals surface area contributed by atoms with Gasteiger partial charge in [0.05, 0.1) is 11.2 Å². The van der Waals surface area contributed by atoms with Crippen LogP contribution in [0.25, 0.3) is 22.2 Å². The number of benzene rings is 2. The third kappa shape index (κ3) is 4.25. The Balaban J connectivity index is 0.00000225. The summed E-state index contributed by atoms with van der Waals surface area (Å²) < 4.78 is 0. The van der Waals surface area contributed by atoms with Crippen molar-refractivity contribution in [1.82, 2.24) is 4.98 Å². The maximum atomic E-state index is 4.98. The summed E-state index contributed by atoms with van der Waals surface area (Å²) in [6, 6.07) is 19.8. The molecule has 1 aliphatic rings. The molecule has 0 radical (unpaired) electrons.